The van der Waals surface area contributed by atoms with Crippen LogP contribution in [0, 0.1) is 13.8 Å². The molecule has 0 spiro atoms. The van der Waals surface area contributed by atoms with Crippen molar-refractivity contribution in [1.29, 1.82) is 0 Å². The van der Waals surface area contributed by atoms with Gasteiger partial charge in [0.05, 0.1) is 0 Å². The predicted molar refractivity (Wildman–Crippen MR) is 73.8 cm³/mol. The van der Waals surface area contributed by atoms with Crippen molar-refractivity contribution in [3.8, 4) is 0 Å². The van der Waals surface area contributed by atoms with Crippen molar-refractivity contribution in [2.24, 2.45) is 0 Å². The van der Waals surface area contributed by atoms with E-state index in [1.165, 1.54) is 11.1 Å². The summed E-state index contributed by atoms with van der Waals surface area (Å²) in [6.45, 7) is 8.76. The topological polar surface area (TPSA) is 45.4 Å². The van der Waals surface area contributed by atoms with Crippen LogP contribution in [0.25, 0.3) is 11.0 Å². The number of aryl methyl sites for hydroxylation is 2. The molecule has 0 aliphatic heterocycles. The number of hydrogen-bond donors (Lipinski definition) is 2. The number of aliphatic hydroxyl groups is 1. The molecule has 1 unspecified atom stereocenters. The molecule has 2 aromatic rings. The highest BCUT2D eigenvalue weighted by atomic mass is 16.4. The number of rotatable bonds is 4. The third-order valence-electron chi connectivity index (χ3n) is 3.20. The van der Waals surface area contributed by atoms with Crippen molar-refractivity contribution in [2.75, 3.05) is 6.54 Å². The second-order valence-corrected chi connectivity index (χ2v) is 5.20. The number of benzene rings is 1. The Morgan fingerprint density at radius 3 is 2.50 bits per heavy atom. The largest absolute Gasteiger partial charge is 0.458 e. The van der Waals surface area contributed by atoms with E-state index in [0.717, 1.165) is 11.0 Å². The zero-order chi connectivity index (χ0) is 13.3. The fourth-order valence-corrected chi connectivity index (χ4v) is 1.94. The van der Waals surface area contributed by atoms with E-state index in [1.54, 1.807) is 0 Å². The number of aliphatic hydroxyl groups excluding tert-OH is 1. The highest BCUT2D eigenvalue weighted by Crippen LogP contribution is 2.26. The van der Waals surface area contributed by atoms with Crippen molar-refractivity contribution in [2.45, 2.75) is 39.8 Å². The molecule has 98 valence electrons. The standard InChI is InChI=1S/C15H21NO2/c1-9(2)16-8-13(17)15-7-12-5-10(3)11(4)6-14(12)18-15/h5-7,9,13,16-17H,8H2,1-4H3. The monoisotopic (exact) mass is 247 g/mol. The fraction of sp³-hybridized carbons (Fsp3) is 0.467. The smallest absolute Gasteiger partial charge is 0.135 e. The molecule has 0 radical (unpaired) electrons. The Labute approximate surface area is 108 Å². The highest BCUT2D eigenvalue weighted by molar-refractivity contribution is 5.79. The summed E-state index contributed by atoms with van der Waals surface area (Å²) in [4.78, 5) is 0. The van der Waals surface area contributed by atoms with Gasteiger partial charge in [0.15, 0.2) is 0 Å². The Morgan fingerprint density at radius 1 is 1.17 bits per heavy atom. The summed E-state index contributed by atoms with van der Waals surface area (Å²) in [7, 11) is 0. The van der Waals surface area contributed by atoms with Crippen molar-refractivity contribution >= 4 is 11.0 Å². The summed E-state index contributed by atoms with van der Waals surface area (Å²) in [5.41, 5.74) is 3.29. The maximum absolute atomic E-state index is 10.1. The van der Waals surface area contributed by atoms with E-state index in [4.69, 9.17) is 4.42 Å². The molecular weight excluding hydrogens is 226 g/mol. The average Bonchev–Trinajstić information content (AvgIpc) is 2.69. The quantitative estimate of drug-likeness (QED) is 0.872. The molecule has 0 amide bonds. The SMILES string of the molecule is Cc1cc2cc(C(O)CNC(C)C)oc2cc1C. The lowest BCUT2D eigenvalue weighted by Crippen LogP contribution is -2.27. The first-order valence-electron chi connectivity index (χ1n) is 6.39. The Kier molecular flexibility index (Phi) is 3.73. The molecule has 2 rings (SSSR count). The third-order valence-corrected chi connectivity index (χ3v) is 3.20. The van der Waals surface area contributed by atoms with Gasteiger partial charge in [0.2, 0.25) is 0 Å². The molecule has 1 aromatic carbocycles. The van der Waals surface area contributed by atoms with Gasteiger partial charge >= 0.3 is 0 Å². The van der Waals surface area contributed by atoms with Crippen LogP contribution in [0.15, 0.2) is 22.6 Å². The maximum atomic E-state index is 10.1. The molecule has 1 atom stereocenters. The van der Waals surface area contributed by atoms with Crippen LogP contribution in [-0.2, 0) is 0 Å². The average molecular weight is 247 g/mol. The lowest BCUT2D eigenvalue weighted by molar-refractivity contribution is 0.147. The van der Waals surface area contributed by atoms with Crippen LogP contribution >= 0.6 is 0 Å². The van der Waals surface area contributed by atoms with Gasteiger partial charge in [0, 0.05) is 18.0 Å². The summed E-state index contributed by atoms with van der Waals surface area (Å²) in [6.07, 6.45) is -0.597. The van der Waals surface area contributed by atoms with Crippen LogP contribution in [0.1, 0.15) is 36.8 Å². The van der Waals surface area contributed by atoms with Crippen molar-refractivity contribution in [1.82, 2.24) is 5.32 Å². The molecule has 1 aromatic heterocycles. The minimum absolute atomic E-state index is 0.355. The van der Waals surface area contributed by atoms with Gasteiger partial charge in [-0.1, -0.05) is 13.8 Å². The first-order chi connectivity index (χ1) is 8.47. The molecule has 0 bridgehead atoms. The summed E-state index contributed by atoms with van der Waals surface area (Å²) in [6, 6.07) is 6.40. The lowest BCUT2D eigenvalue weighted by atomic mass is 10.1. The first kappa shape index (κ1) is 13.1. The normalized spacial score (nSPS) is 13.4. The predicted octanol–water partition coefficient (Wildman–Crippen LogP) is 3.08. The van der Waals surface area contributed by atoms with Crippen LogP contribution < -0.4 is 5.32 Å². The van der Waals surface area contributed by atoms with E-state index in [0.29, 0.717) is 18.3 Å². The van der Waals surface area contributed by atoms with Gasteiger partial charge in [-0.05, 0) is 43.2 Å². The Morgan fingerprint density at radius 2 is 1.83 bits per heavy atom. The van der Waals surface area contributed by atoms with Crippen molar-refractivity contribution < 1.29 is 9.52 Å². The molecule has 2 N–H and O–H groups in total. The van der Waals surface area contributed by atoms with Gasteiger partial charge in [-0.25, -0.2) is 0 Å². The van der Waals surface area contributed by atoms with E-state index in [-0.39, 0.29) is 0 Å². The second-order valence-electron chi connectivity index (χ2n) is 5.20. The number of nitrogens with one attached hydrogen (secondary N) is 1. The van der Waals surface area contributed by atoms with Crippen LogP contribution in [-0.4, -0.2) is 17.7 Å². The number of hydrogen-bond acceptors (Lipinski definition) is 3. The Balaban J connectivity index is 2.24. The van der Waals surface area contributed by atoms with Crippen LogP contribution in [0.2, 0.25) is 0 Å². The van der Waals surface area contributed by atoms with Crippen LogP contribution in [0.3, 0.4) is 0 Å². The molecule has 3 nitrogen and oxygen atoms in total. The summed E-state index contributed by atoms with van der Waals surface area (Å²) in [5.74, 6) is 0.628. The minimum atomic E-state index is -0.597. The minimum Gasteiger partial charge on any atom is -0.458 e. The fourth-order valence-electron chi connectivity index (χ4n) is 1.94. The summed E-state index contributed by atoms with van der Waals surface area (Å²) in [5, 5.41) is 14.3. The Hall–Kier alpha value is -1.32. The van der Waals surface area contributed by atoms with E-state index in [9.17, 15) is 5.11 Å². The van der Waals surface area contributed by atoms with E-state index in [2.05, 4.69) is 39.1 Å². The molecule has 18 heavy (non-hydrogen) atoms. The van der Waals surface area contributed by atoms with E-state index < -0.39 is 6.10 Å². The summed E-state index contributed by atoms with van der Waals surface area (Å²) >= 11 is 0. The second kappa shape index (κ2) is 5.12. The molecule has 0 saturated carbocycles. The molecule has 0 aliphatic carbocycles. The van der Waals surface area contributed by atoms with Gasteiger partial charge in [-0.15, -0.1) is 0 Å². The van der Waals surface area contributed by atoms with Crippen LogP contribution in [0.4, 0.5) is 0 Å². The Bertz CT molecular complexity index is 504. The zero-order valence-electron chi connectivity index (χ0n) is 11.4. The van der Waals surface area contributed by atoms with Gasteiger partial charge in [-0.3, -0.25) is 0 Å². The van der Waals surface area contributed by atoms with Gasteiger partial charge in [0.1, 0.15) is 17.4 Å². The molecule has 1 heterocycles. The maximum Gasteiger partial charge on any atom is 0.135 e. The first-order valence-corrected chi connectivity index (χ1v) is 6.39. The van der Waals surface area contributed by atoms with Gasteiger partial charge in [-0.2, -0.15) is 0 Å². The number of fused-ring (bicyclic) bond motifs is 1. The van der Waals surface area contributed by atoms with E-state index >= 15 is 0 Å². The van der Waals surface area contributed by atoms with Crippen LogP contribution in [0.5, 0.6) is 0 Å². The highest BCUT2D eigenvalue weighted by Gasteiger charge is 2.14. The summed E-state index contributed by atoms with van der Waals surface area (Å²) < 4.78 is 5.71. The number of furan rings is 1. The third kappa shape index (κ3) is 2.74. The zero-order valence-corrected chi connectivity index (χ0v) is 11.4. The molecular formula is C15H21NO2. The molecule has 0 fully saturated rings. The van der Waals surface area contributed by atoms with Gasteiger partial charge in [0.25, 0.3) is 0 Å². The molecule has 0 aliphatic rings. The molecule has 0 saturated heterocycles. The molecule has 3 heteroatoms. The van der Waals surface area contributed by atoms with Crippen molar-refractivity contribution in [3.05, 3.63) is 35.1 Å². The lowest BCUT2D eigenvalue weighted by Gasteiger charge is -2.11. The van der Waals surface area contributed by atoms with Crippen molar-refractivity contribution in [3.63, 3.8) is 0 Å². The van der Waals surface area contributed by atoms with E-state index in [1.807, 2.05) is 12.1 Å². The van der Waals surface area contributed by atoms with Gasteiger partial charge < -0.3 is 14.8 Å².